The van der Waals surface area contributed by atoms with Crippen molar-refractivity contribution >= 4 is 79.7 Å². The number of para-hydroxylation sites is 1. The van der Waals surface area contributed by atoms with Crippen LogP contribution in [-0.4, -0.2) is 139 Å². The summed E-state index contributed by atoms with van der Waals surface area (Å²) in [5.74, 6) is -7.88. The Labute approximate surface area is 455 Å². The number of carbonyl (C=O) groups excluding carboxylic acids is 8. The van der Waals surface area contributed by atoms with Crippen LogP contribution in [0.2, 0.25) is 0 Å². The molecule has 1 fully saturated rings. The maximum Gasteiger partial charge on any atom is 0.328 e. The number of aliphatic hydroxyl groups is 1. The van der Waals surface area contributed by atoms with Gasteiger partial charge in [0.2, 0.25) is 47.3 Å². The zero-order valence-electron chi connectivity index (χ0n) is 42.6. The Morgan fingerprint density at radius 2 is 1.31 bits per heavy atom. The van der Waals surface area contributed by atoms with Gasteiger partial charge in [0.15, 0.2) is 0 Å². The summed E-state index contributed by atoms with van der Waals surface area (Å²) in [7, 11) is 1.90. The molecule has 8 amide bonds. The average molecular weight is 1110 g/mol. The first-order valence-corrected chi connectivity index (χ1v) is 27.6. The van der Waals surface area contributed by atoms with Crippen molar-refractivity contribution in [1.29, 1.82) is 0 Å². The molecule has 0 bridgehead atoms. The Morgan fingerprint density at radius 3 is 1.97 bits per heavy atom. The van der Waals surface area contributed by atoms with Gasteiger partial charge in [-0.1, -0.05) is 100 Å². The summed E-state index contributed by atoms with van der Waals surface area (Å²) in [5, 5.41) is 29.6. The Kier molecular flexibility index (Phi) is 22.2. The topological polar surface area (TPSA) is 390 Å². The van der Waals surface area contributed by atoms with E-state index in [1.807, 2.05) is 18.2 Å². The van der Waals surface area contributed by atoms with Crippen LogP contribution in [0, 0.1) is 0 Å². The Balaban J connectivity index is 1.44. The van der Waals surface area contributed by atoms with Gasteiger partial charge in [0.1, 0.15) is 42.3 Å². The lowest BCUT2D eigenvalue weighted by Gasteiger charge is -2.29. The van der Waals surface area contributed by atoms with Gasteiger partial charge in [0.05, 0.1) is 18.7 Å². The van der Waals surface area contributed by atoms with E-state index in [9.17, 15) is 53.1 Å². The highest BCUT2D eigenvalue weighted by atomic mass is 33.1. The smallest absolute Gasteiger partial charge is 0.328 e. The molecule has 5 aromatic rings. The summed E-state index contributed by atoms with van der Waals surface area (Å²) in [6.45, 7) is 0.787. The molecule has 9 atom stereocenters. The van der Waals surface area contributed by atoms with Crippen LogP contribution in [0.1, 0.15) is 42.9 Å². The van der Waals surface area contributed by atoms with Gasteiger partial charge in [-0.05, 0) is 61.9 Å². The van der Waals surface area contributed by atoms with Gasteiger partial charge in [-0.25, -0.2) is 4.79 Å². The van der Waals surface area contributed by atoms with E-state index in [1.165, 1.54) is 6.92 Å². The van der Waals surface area contributed by atoms with Crippen molar-refractivity contribution in [2.75, 3.05) is 18.1 Å². The lowest BCUT2D eigenvalue weighted by molar-refractivity contribution is -0.136. The molecular weight excluding hydrogens is 1050 g/mol. The SMILES string of the molecule is CC(O)[C@H](NC(=O)[C@@H]1CSSC[C@H](NC(=O)[C@H](N)Cc2ccccc2)C(=O)N[C@@H](Cc2ccccc2)C(=O)N[C@H](Cc2c[nH]c3ccccc23)C(=O)N[C@@H](CCCCN)C(=O)N[C@@H](Cn2ccc(=O)[nH]c2=O)C(=O)N1)C(N)=O. The highest BCUT2D eigenvalue weighted by Gasteiger charge is 2.36. The van der Waals surface area contributed by atoms with E-state index in [2.05, 4.69) is 47.2 Å². The molecule has 3 aromatic carbocycles. The summed E-state index contributed by atoms with van der Waals surface area (Å²) in [5.41, 5.74) is 18.7. The van der Waals surface area contributed by atoms with E-state index in [4.69, 9.17) is 17.2 Å². The van der Waals surface area contributed by atoms with E-state index < -0.39 is 119 Å². The number of amides is 8. The molecule has 0 aliphatic carbocycles. The van der Waals surface area contributed by atoms with Crippen LogP contribution in [0.4, 0.5) is 0 Å². The highest BCUT2D eigenvalue weighted by molar-refractivity contribution is 8.76. The number of unbranched alkanes of at least 4 members (excludes halogenated alkanes) is 1. The molecule has 0 spiro atoms. The minimum Gasteiger partial charge on any atom is -0.391 e. The van der Waals surface area contributed by atoms with Gasteiger partial charge >= 0.3 is 5.69 Å². The molecule has 24 nitrogen and oxygen atoms in total. The molecule has 1 aliphatic heterocycles. The van der Waals surface area contributed by atoms with Gasteiger partial charge in [0.25, 0.3) is 5.56 Å². The van der Waals surface area contributed by atoms with Crippen LogP contribution < -0.4 is 65.7 Å². The van der Waals surface area contributed by atoms with Crippen molar-refractivity contribution in [2.24, 2.45) is 17.2 Å². The maximum atomic E-state index is 14.9. The number of hydrogen-bond donors (Lipinski definition) is 13. The van der Waals surface area contributed by atoms with Crippen molar-refractivity contribution < 1.29 is 43.5 Å². The fourth-order valence-corrected chi connectivity index (χ4v) is 10.7. The normalized spacial score (nSPS) is 21.3. The molecule has 1 aliphatic rings. The summed E-state index contributed by atoms with van der Waals surface area (Å²) in [6, 6.07) is 14.2. The lowest BCUT2D eigenvalue weighted by Crippen LogP contribution is -2.62. The van der Waals surface area contributed by atoms with Gasteiger partial charge in [-0.15, -0.1) is 0 Å². The first-order valence-electron chi connectivity index (χ1n) is 25.1. The zero-order chi connectivity index (χ0) is 56.3. The number of aromatic nitrogens is 3. The van der Waals surface area contributed by atoms with Crippen molar-refractivity contribution in [1.82, 2.24) is 51.8 Å². The van der Waals surface area contributed by atoms with Crippen molar-refractivity contribution in [3.05, 3.63) is 141 Å². The third-order valence-corrected chi connectivity index (χ3v) is 15.1. The number of rotatable bonds is 18. The largest absolute Gasteiger partial charge is 0.391 e. The molecule has 16 N–H and O–H groups in total. The van der Waals surface area contributed by atoms with Crippen LogP contribution in [0.15, 0.2) is 113 Å². The highest BCUT2D eigenvalue weighted by Crippen LogP contribution is 2.24. The predicted molar refractivity (Wildman–Crippen MR) is 294 cm³/mol. The number of nitrogens with one attached hydrogen (secondary N) is 9. The van der Waals surface area contributed by atoms with Crippen LogP contribution >= 0.6 is 21.6 Å². The number of nitrogens with zero attached hydrogens (tertiary/aromatic N) is 1. The van der Waals surface area contributed by atoms with Crippen LogP contribution in [0.3, 0.4) is 0 Å². The van der Waals surface area contributed by atoms with Crippen LogP contribution in [0.25, 0.3) is 10.9 Å². The average Bonchev–Trinajstić information content (AvgIpc) is 3.84. The third kappa shape index (κ3) is 17.4. The second kappa shape index (κ2) is 29.1. The summed E-state index contributed by atoms with van der Waals surface area (Å²) < 4.78 is 0.923. The van der Waals surface area contributed by atoms with Crippen LogP contribution in [0.5, 0.6) is 0 Å². The molecule has 0 saturated carbocycles. The van der Waals surface area contributed by atoms with Crippen molar-refractivity contribution in [2.45, 2.75) is 106 Å². The number of benzene rings is 3. The van der Waals surface area contributed by atoms with Crippen molar-refractivity contribution in [3.8, 4) is 0 Å². The molecule has 78 heavy (non-hydrogen) atoms. The summed E-state index contributed by atoms with van der Waals surface area (Å²) in [4.78, 5) is 144. The number of nitrogens with two attached hydrogens (primary N) is 3. The van der Waals surface area contributed by atoms with Crippen LogP contribution in [-0.2, 0) is 64.2 Å². The first-order chi connectivity index (χ1) is 37.4. The third-order valence-electron chi connectivity index (χ3n) is 12.7. The maximum absolute atomic E-state index is 14.9. The van der Waals surface area contributed by atoms with E-state index >= 15 is 0 Å². The molecule has 6 rings (SSSR count). The van der Waals surface area contributed by atoms with Gasteiger partial charge in [-0.2, -0.15) is 0 Å². The second-order valence-electron chi connectivity index (χ2n) is 18.7. The fourth-order valence-electron chi connectivity index (χ4n) is 8.41. The standard InChI is InChI=1S/C52H65N13O11S2/c1-29(66)43(44(55)68)64-51(75)41-28-78-77-27-40(61-45(69)34(54)22-30-12-4-2-5-13-30)50(74)58-37(23-31-14-6-3-7-15-31)47(71)59-38(24-32-25-56-35-17-9-8-16-33(32)35)48(72)57-36(18-10-11-20-53)46(70)60-39(49(73)62-41)26-65-21-19-42(67)63-52(65)76/h2-9,12-17,19,21,25,29,34,36-41,43,56,66H,10-11,18,20,22-24,26-28,53-54H2,1H3,(H2,55,68)(H,57,72)(H,58,74)(H,59,71)(H,60,70)(H,61,69)(H,62,73)(H,64,75)(H,63,67,76)/t29?,34-,36+,37+,38-,39+,40+,41+,43+/m1/s1. The van der Waals surface area contributed by atoms with Gasteiger partial charge < -0.3 is 64.5 Å². The molecule has 3 heterocycles. The zero-order valence-corrected chi connectivity index (χ0v) is 44.2. The van der Waals surface area contributed by atoms with Crippen molar-refractivity contribution in [3.63, 3.8) is 0 Å². The van der Waals surface area contributed by atoms with Gasteiger partial charge in [-0.3, -0.25) is 52.7 Å². The minimum atomic E-state index is -1.72. The first kappa shape index (κ1) is 59.5. The number of aliphatic hydroxyl groups excluding tert-OH is 1. The number of hydrogen-bond acceptors (Lipinski definition) is 15. The fraction of sp³-hybridized carbons (Fsp3) is 0.385. The quantitative estimate of drug-likeness (QED) is 0.0329. The molecule has 1 unspecified atom stereocenters. The summed E-state index contributed by atoms with van der Waals surface area (Å²) in [6.07, 6.45) is 1.78. The monoisotopic (exact) mass is 1110 g/mol. The van der Waals surface area contributed by atoms with Gasteiger partial charge in [0, 0.05) is 53.7 Å². The van der Waals surface area contributed by atoms with E-state index in [1.54, 1.807) is 72.9 Å². The van der Waals surface area contributed by atoms with E-state index in [0.29, 0.717) is 17.5 Å². The number of aromatic amines is 2. The molecule has 0 radical (unpaired) electrons. The van der Waals surface area contributed by atoms with E-state index in [0.717, 1.165) is 54.9 Å². The molecule has 2 aromatic heterocycles. The number of H-pyrrole nitrogens is 2. The number of fused-ring (bicyclic) bond motifs is 1. The second-order valence-corrected chi connectivity index (χ2v) is 21.2. The lowest BCUT2D eigenvalue weighted by atomic mass is 10.0. The summed E-state index contributed by atoms with van der Waals surface area (Å²) >= 11 is 0. The molecular formula is C52H65N13O11S2. The number of carbonyl (C=O) groups is 8. The molecule has 416 valence electrons. The number of primary amides is 1. The Morgan fingerprint density at radius 1 is 0.718 bits per heavy atom. The predicted octanol–water partition coefficient (Wildman–Crippen LogP) is -2.14. The molecule has 1 saturated heterocycles. The van der Waals surface area contributed by atoms with E-state index in [-0.39, 0.29) is 50.2 Å². The Bertz CT molecular complexity index is 3010. The Hall–Kier alpha value is -7.78. The minimum absolute atomic E-state index is 0.0446. The molecule has 26 heteroatoms.